The topological polar surface area (TPSA) is 125 Å². The summed E-state index contributed by atoms with van der Waals surface area (Å²) in [6.07, 6.45) is 1.55. The molecule has 2 aliphatic carbocycles. The Balaban J connectivity index is 1.60. The number of carbonyl (C=O) groups is 3. The van der Waals surface area contributed by atoms with Gasteiger partial charge in [0.05, 0.1) is 25.7 Å². The summed E-state index contributed by atoms with van der Waals surface area (Å²) >= 11 is 12.5. The van der Waals surface area contributed by atoms with Gasteiger partial charge in [0.1, 0.15) is 18.5 Å². The molecule has 11 heteroatoms. The van der Waals surface area contributed by atoms with E-state index in [-0.39, 0.29) is 37.1 Å². The Kier molecular flexibility index (Phi) is 7.87. The predicted molar refractivity (Wildman–Crippen MR) is 143 cm³/mol. The Morgan fingerprint density at radius 1 is 1.23 bits per heavy atom. The number of rotatable bonds is 9. The zero-order valence-electron chi connectivity index (χ0n) is 21.1. The van der Waals surface area contributed by atoms with E-state index in [0.717, 1.165) is 12.8 Å². The summed E-state index contributed by atoms with van der Waals surface area (Å²) in [7, 11) is 1.44. The molecule has 0 saturated heterocycles. The third-order valence-electron chi connectivity index (χ3n) is 7.34. The lowest BCUT2D eigenvalue weighted by atomic mass is 9.77. The van der Waals surface area contributed by atoms with E-state index in [0.29, 0.717) is 44.5 Å². The van der Waals surface area contributed by atoms with Crippen molar-refractivity contribution in [1.29, 1.82) is 0 Å². The molecular formula is C28H28Cl2N2O7. The summed E-state index contributed by atoms with van der Waals surface area (Å²) in [5.41, 5.74) is 1.73. The number of carbonyl (C=O) groups excluding carboxylic acids is 3. The van der Waals surface area contributed by atoms with Crippen molar-refractivity contribution in [2.24, 2.45) is 5.92 Å². The zero-order chi connectivity index (χ0) is 27.8. The van der Waals surface area contributed by atoms with Crippen LogP contribution in [-0.2, 0) is 16.1 Å². The first-order chi connectivity index (χ1) is 18.8. The standard InChI is InChI=1S/C28H28Cl2N2O7/c1-38-22-9-14(13-34)8-18-23-19(27(36)31-6-7-33)11-21(24(35)26(23)39-25(18)22)32(28(37)15-2-3-15)12-16-4-5-17(29)10-20(16)30/h4-5,8-11,13,15,21,23-24,26,33,35H,2-3,6-7,12H2,1H3,(H,31,36)/t21-,23+,24+,26+/m1/s1. The quantitative estimate of drug-likeness (QED) is 0.393. The average Bonchev–Trinajstić information content (AvgIpc) is 3.71. The highest BCUT2D eigenvalue weighted by molar-refractivity contribution is 6.35. The summed E-state index contributed by atoms with van der Waals surface area (Å²) in [4.78, 5) is 40.1. The van der Waals surface area contributed by atoms with Gasteiger partial charge < -0.3 is 29.9 Å². The average molecular weight is 575 g/mol. The number of nitrogens with one attached hydrogen (secondary N) is 1. The number of fused-ring (bicyclic) bond motifs is 3. The maximum atomic E-state index is 13.6. The summed E-state index contributed by atoms with van der Waals surface area (Å²) in [5, 5.41) is 24.5. The molecule has 206 valence electrons. The minimum absolute atomic E-state index is 0.0112. The van der Waals surface area contributed by atoms with Gasteiger partial charge in [-0.2, -0.15) is 0 Å². The van der Waals surface area contributed by atoms with Crippen LogP contribution in [0, 0.1) is 5.92 Å². The van der Waals surface area contributed by atoms with E-state index in [9.17, 15) is 24.6 Å². The van der Waals surface area contributed by atoms with E-state index in [1.165, 1.54) is 18.1 Å². The van der Waals surface area contributed by atoms with Gasteiger partial charge in [-0.25, -0.2) is 0 Å². The first-order valence-electron chi connectivity index (χ1n) is 12.6. The molecule has 0 radical (unpaired) electrons. The Morgan fingerprint density at radius 3 is 2.64 bits per heavy atom. The maximum absolute atomic E-state index is 13.6. The van der Waals surface area contributed by atoms with Crippen molar-refractivity contribution >= 4 is 41.3 Å². The minimum atomic E-state index is -1.23. The van der Waals surface area contributed by atoms with Crippen LogP contribution in [0.15, 0.2) is 42.0 Å². The van der Waals surface area contributed by atoms with Crippen LogP contribution in [0.3, 0.4) is 0 Å². The van der Waals surface area contributed by atoms with Crippen LogP contribution in [-0.4, -0.2) is 71.7 Å². The van der Waals surface area contributed by atoms with Gasteiger partial charge in [-0.15, -0.1) is 0 Å². The molecule has 1 fully saturated rings. The molecule has 1 saturated carbocycles. The van der Waals surface area contributed by atoms with Crippen molar-refractivity contribution in [3.63, 3.8) is 0 Å². The molecule has 0 aromatic heterocycles. The van der Waals surface area contributed by atoms with Crippen molar-refractivity contribution in [2.45, 2.75) is 43.6 Å². The highest BCUT2D eigenvalue weighted by Gasteiger charge is 2.52. The fourth-order valence-corrected chi connectivity index (χ4v) is 5.76. The molecule has 3 N–H and O–H groups in total. The second-order valence-corrected chi connectivity index (χ2v) is 10.7. The van der Waals surface area contributed by atoms with Gasteiger partial charge in [-0.05, 0) is 48.7 Å². The van der Waals surface area contributed by atoms with Gasteiger partial charge in [0.25, 0.3) is 0 Å². The molecular weight excluding hydrogens is 547 g/mol. The lowest BCUT2D eigenvalue weighted by molar-refractivity contribution is -0.139. The Labute approximate surface area is 235 Å². The van der Waals surface area contributed by atoms with E-state index in [1.54, 1.807) is 30.3 Å². The molecule has 0 spiro atoms. The second kappa shape index (κ2) is 11.2. The highest BCUT2D eigenvalue weighted by Crippen LogP contribution is 2.51. The van der Waals surface area contributed by atoms with Gasteiger partial charge in [0, 0.05) is 45.8 Å². The van der Waals surface area contributed by atoms with Crippen LogP contribution < -0.4 is 14.8 Å². The van der Waals surface area contributed by atoms with Gasteiger partial charge >= 0.3 is 0 Å². The van der Waals surface area contributed by atoms with Crippen LogP contribution in [0.4, 0.5) is 0 Å². The van der Waals surface area contributed by atoms with Crippen molar-refractivity contribution in [2.75, 3.05) is 20.3 Å². The molecule has 2 amide bonds. The number of aliphatic hydroxyl groups is 2. The van der Waals surface area contributed by atoms with Crippen LogP contribution >= 0.6 is 23.2 Å². The SMILES string of the molecule is COc1cc(C=O)cc2c1O[C@@H]1[C@@H](O)[C@H](N(Cc3ccc(Cl)cc3Cl)C(=O)C3CC3)C=C(C(=O)NCCO)[C@H]21. The third kappa shape index (κ3) is 5.24. The van der Waals surface area contributed by atoms with Crippen LogP contribution in [0.5, 0.6) is 11.5 Å². The lowest BCUT2D eigenvalue weighted by Crippen LogP contribution is -2.55. The Morgan fingerprint density at radius 2 is 2.00 bits per heavy atom. The summed E-state index contributed by atoms with van der Waals surface area (Å²) in [5.74, 6) is -0.952. The Hall–Kier alpha value is -3.11. The molecule has 2 aromatic carbocycles. The number of aliphatic hydroxyl groups excluding tert-OH is 2. The molecule has 0 unspecified atom stereocenters. The van der Waals surface area contributed by atoms with E-state index >= 15 is 0 Å². The number of methoxy groups -OCH3 is 1. The van der Waals surface area contributed by atoms with E-state index in [1.807, 2.05) is 0 Å². The van der Waals surface area contributed by atoms with Gasteiger partial charge in [0.2, 0.25) is 11.8 Å². The number of nitrogens with zero attached hydrogens (tertiary/aromatic N) is 1. The highest BCUT2D eigenvalue weighted by atomic mass is 35.5. The first-order valence-corrected chi connectivity index (χ1v) is 13.4. The largest absolute Gasteiger partial charge is 0.493 e. The molecule has 39 heavy (non-hydrogen) atoms. The number of halogens is 2. The van der Waals surface area contributed by atoms with Crippen molar-refractivity contribution in [3.05, 3.63) is 68.7 Å². The zero-order valence-corrected chi connectivity index (χ0v) is 22.6. The predicted octanol–water partition coefficient (Wildman–Crippen LogP) is 2.88. The summed E-state index contributed by atoms with van der Waals surface area (Å²) < 4.78 is 11.7. The van der Waals surface area contributed by atoms with Crippen molar-refractivity contribution in [3.8, 4) is 11.5 Å². The minimum Gasteiger partial charge on any atom is -0.493 e. The second-order valence-electron chi connectivity index (χ2n) is 9.88. The summed E-state index contributed by atoms with van der Waals surface area (Å²) in [6, 6.07) is 7.19. The Bertz CT molecular complexity index is 1340. The molecule has 2 aromatic rings. The monoisotopic (exact) mass is 574 g/mol. The lowest BCUT2D eigenvalue weighted by Gasteiger charge is -2.41. The molecule has 1 aliphatic heterocycles. The number of hydrogen-bond acceptors (Lipinski definition) is 7. The van der Waals surface area contributed by atoms with Crippen LogP contribution in [0.1, 0.15) is 40.2 Å². The van der Waals surface area contributed by atoms with Crippen molar-refractivity contribution in [1.82, 2.24) is 10.2 Å². The van der Waals surface area contributed by atoms with Crippen LogP contribution in [0.25, 0.3) is 0 Å². The molecule has 5 rings (SSSR count). The van der Waals surface area contributed by atoms with E-state index in [2.05, 4.69) is 5.32 Å². The van der Waals surface area contributed by atoms with Crippen LogP contribution in [0.2, 0.25) is 10.0 Å². The molecule has 1 heterocycles. The van der Waals surface area contributed by atoms with Gasteiger partial charge in [-0.3, -0.25) is 14.4 Å². The number of ether oxygens (including phenoxy) is 2. The number of hydrogen-bond donors (Lipinski definition) is 3. The first kappa shape index (κ1) is 27.5. The van der Waals surface area contributed by atoms with Gasteiger partial charge in [-0.1, -0.05) is 29.3 Å². The fraction of sp³-hybridized carbons (Fsp3) is 0.393. The normalized spacial score (nSPS) is 23.2. The molecule has 0 bridgehead atoms. The molecule has 9 nitrogen and oxygen atoms in total. The third-order valence-corrected chi connectivity index (χ3v) is 7.92. The summed E-state index contributed by atoms with van der Waals surface area (Å²) in [6.45, 7) is -0.175. The fourth-order valence-electron chi connectivity index (χ4n) is 5.29. The number of amides is 2. The molecule has 3 aliphatic rings. The van der Waals surface area contributed by atoms with E-state index in [4.69, 9.17) is 32.7 Å². The van der Waals surface area contributed by atoms with Gasteiger partial charge in [0.15, 0.2) is 11.5 Å². The molecule has 4 atom stereocenters. The smallest absolute Gasteiger partial charge is 0.247 e. The van der Waals surface area contributed by atoms with E-state index < -0.39 is 30.1 Å². The number of benzene rings is 2. The maximum Gasteiger partial charge on any atom is 0.247 e. The number of aldehydes is 1. The van der Waals surface area contributed by atoms with Crippen molar-refractivity contribution < 1.29 is 34.1 Å².